The minimum absolute atomic E-state index is 0.306. The minimum Gasteiger partial charge on any atom is -0.379 e. The summed E-state index contributed by atoms with van der Waals surface area (Å²) in [6.45, 7) is 5.70. The number of hydrogen-bond donors (Lipinski definition) is 0. The van der Waals surface area contributed by atoms with Gasteiger partial charge in [0.2, 0.25) is 0 Å². The average molecular weight is 282 g/mol. The summed E-state index contributed by atoms with van der Waals surface area (Å²) in [5.41, 5.74) is 0. The number of ether oxygens (including phenoxy) is 2. The highest BCUT2D eigenvalue weighted by atomic mass is 32.1. The summed E-state index contributed by atoms with van der Waals surface area (Å²) in [6.07, 6.45) is 6.10. The third-order valence-electron chi connectivity index (χ3n) is 4.08. The van der Waals surface area contributed by atoms with Gasteiger partial charge < -0.3 is 9.47 Å². The monoisotopic (exact) mass is 282 g/mol. The Kier molecular flexibility index (Phi) is 4.48. The van der Waals surface area contributed by atoms with Crippen molar-refractivity contribution in [2.24, 2.45) is 0 Å². The Labute approximate surface area is 118 Å². The summed E-state index contributed by atoms with van der Waals surface area (Å²) in [7, 11) is 0. The topological polar surface area (TPSA) is 34.6 Å². The predicted octanol–water partition coefficient (Wildman–Crippen LogP) is 2.30. The largest absolute Gasteiger partial charge is 0.379 e. The second-order valence-corrected chi connectivity index (χ2v) is 6.26. The van der Waals surface area contributed by atoms with Crippen molar-refractivity contribution in [3.05, 3.63) is 16.6 Å². The van der Waals surface area contributed by atoms with Crippen molar-refractivity contribution in [1.29, 1.82) is 0 Å². The average Bonchev–Trinajstić information content (AvgIpc) is 3.07. The summed E-state index contributed by atoms with van der Waals surface area (Å²) in [6, 6.07) is 0.585. The van der Waals surface area contributed by atoms with Gasteiger partial charge in [0.1, 0.15) is 5.01 Å². The second kappa shape index (κ2) is 6.31. The molecule has 0 saturated carbocycles. The number of nitrogens with zero attached hydrogens (tertiary/aromatic N) is 2. The number of aromatic nitrogens is 1. The molecule has 2 saturated heterocycles. The molecule has 3 rings (SSSR count). The summed E-state index contributed by atoms with van der Waals surface area (Å²) in [5.74, 6) is 0. The molecule has 0 amide bonds. The number of likely N-dealkylation sites (tertiary alicyclic amines) is 1. The molecule has 2 aliphatic rings. The van der Waals surface area contributed by atoms with Crippen LogP contribution in [0.5, 0.6) is 0 Å². The molecule has 5 heteroatoms. The fourth-order valence-corrected chi connectivity index (χ4v) is 3.80. The van der Waals surface area contributed by atoms with E-state index in [1.165, 1.54) is 11.4 Å². The first-order chi connectivity index (χ1) is 9.36. The molecule has 0 radical (unpaired) electrons. The van der Waals surface area contributed by atoms with Gasteiger partial charge in [-0.3, -0.25) is 4.90 Å². The third-order valence-corrected chi connectivity index (χ3v) is 4.84. The van der Waals surface area contributed by atoms with Crippen LogP contribution < -0.4 is 0 Å². The van der Waals surface area contributed by atoms with Crippen LogP contribution in [0.15, 0.2) is 11.6 Å². The molecule has 1 aromatic rings. The van der Waals surface area contributed by atoms with E-state index in [2.05, 4.69) is 15.3 Å². The van der Waals surface area contributed by atoms with Crippen LogP contribution in [0.3, 0.4) is 0 Å². The third kappa shape index (κ3) is 3.16. The van der Waals surface area contributed by atoms with E-state index >= 15 is 0 Å². The van der Waals surface area contributed by atoms with Crippen LogP contribution in [0, 0.1) is 0 Å². The molecular formula is C14H22N2O2S. The Morgan fingerprint density at radius 1 is 1.47 bits per heavy atom. The van der Waals surface area contributed by atoms with Crippen LogP contribution in [0.2, 0.25) is 0 Å². The number of rotatable bonds is 5. The van der Waals surface area contributed by atoms with E-state index < -0.39 is 0 Å². The Morgan fingerprint density at radius 2 is 2.42 bits per heavy atom. The highest BCUT2D eigenvalue weighted by Crippen LogP contribution is 2.32. The summed E-state index contributed by atoms with van der Waals surface area (Å²) in [5, 5.41) is 3.27. The first kappa shape index (κ1) is 13.5. The lowest BCUT2D eigenvalue weighted by Gasteiger charge is -2.35. The molecule has 0 N–H and O–H groups in total. The molecule has 0 aromatic carbocycles. The van der Waals surface area contributed by atoms with Crippen LogP contribution in [-0.4, -0.2) is 47.9 Å². The molecular weight excluding hydrogens is 260 g/mol. The first-order valence-corrected chi connectivity index (χ1v) is 8.10. The maximum Gasteiger partial charge on any atom is 0.107 e. The lowest BCUT2D eigenvalue weighted by Crippen LogP contribution is -2.43. The smallest absolute Gasteiger partial charge is 0.107 e. The molecule has 3 atom stereocenters. The van der Waals surface area contributed by atoms with E-state index in [1.54, 1.807) is 11.3 Å². The number of fused-ring (bicyclic) bond motifs is 1. The zero-order chi connectivity index (χ0) is 13.1. The van der Waals surface area contributed by atoms with Crippen molar-refractivity contribution in [3.63, 3.8) is 0 Å². The SMILES string of the molecule is CCOC[C@@H]1CC[C@@H]2[C@@H](CCN2Cc2nccs2)O1. The molecule has 2 aliphatic heterocycles. The van der Waals surface area contributed by atoms with Gasteiger partial charge in [0.25, 0.3) is 0 Å². The normalized spacial score (nSPS) is 31.5. The van der Waals surface area contributed by atoms with Crippen molar-refractivity contribution in [2.75, 3.05) is 19.8 Å². The summed E-state index contributed by atoms with van der Waals surface area (Å²) < 4.78 is 11.7. The highest BCUT2D eigenvalue weighted by Gasteiger charge is 2.39. The lowest BCUT2D eigenvalue weighted by atomic mass is 9.99. The van der Waals surface area contributed by atoms with E-state index in [0.29, 0.717) is 18.2 Å². The van der Waals surface area contributed by atoms with E-state index in [4.69, 9.17) is 9.47 Å². The van der Waals surface area contributed by atoms with Gasteiger partial charge in [-0.2, -0.15) is 0 Å². The Bertz CT molecular complexity index is 385. The van der Waals surface area contributed by atoms with E-state index in [9.17, 15) is 0 Å². The van der Waals surface area contributed by atoms with Gasteiger partial charge in [-0.25, -0.2) is 4.98 Å². The van der Waals surface area contributed by atoms with Crippen molar-refractivity contribution < 1.29 is 9.47 Å². The summed E-state index contributed by atoms with van der Waals surface area (Å²) in [4.78, 5) is 6.93. The van der Waals surface area contributed by atoms with Gasteiger partial charge in [-0.15, -0.1) is 11.3 Å². The Balaban J connectivity index is 1.53. The first-order valence-electron chi connectivity index (χ1n) is 7.22. The molecule has 106 valence electrons. The van der Waals surface area contributed by atoms with Crippen molar-refractivity contribution >= 4 is 11.3 Å². The lowest BCUT2D eigenvalue weighted by molar-refractivity contribution is -0.0985. The highest BCUT2D eigenvalue weighted by molar-refractivity contribution is 7.09. The predicted molar refractivity (Wildman–Crippen MR) is 75.3 cm³/mol. The van der Waals surface area contributed by atoms with Gasteiger partial charge >= 0.3 is 0 Å². The molecule has 3 heterocycles. The van der Waals surface area contributed by atoms with E-state index in [1.807, 2.05) is 13.1 Å². The molecule has 0 unspecified atom stereocenters. The minimum atomic E-state index is 0.306. The molecule has 1 aromatic heterocycles. The number of thiazole rings is 1. The van der Waals surface area contributed by atoms with Gasteiger partial charge in [0, 0.05) is 30.8 Å². The Morgan fingerprint density at radius 3 is 3.21 bits per heavy atom. The van der Waals surface area contributed by atoms with Crippen molar-refractivity contribution in [1.82, 2.24) is 9.88 Å². The number of hydrogen-bond acceptors (Lipinski definition) is 5. The van der Waals surface area contributed by atoms with Crippen LogP contribution in [0.1, 0.15) is 31.2 Å². The van der Waals surface area contributed by atoms with Gasteiger partial charge in [0.05, 0.1) is 25.4 Å². The molecule has 19 heavy (non-hydrogen) atoms. The maximum absolute atomic E-state index is 6.18. The maximum atomic E-state index is 6.18. The van der Waals surface area contributed by atoms with Crippen LogP contribution >= 0.6 is 11.3 Å². The fourth-order valence-electron chi connectivity index (χ4n) is 3.16. The van der Waals surface area contributed by atoms with Gasteiger partial charge in [0.15, 0.2) is 0 Å². The molecule has 0 aliphatic carbocycles. The Hall–Kier alpha value is -0.490. The van der Waals surface area contributed by atoms with Crippen LogP contribution in [0.4, 0.5) is 0 Å². The molecule has 4 nitrogen and oxygen atoms in total. The standard InChI is InChI=1S/C14H22N2O2S/c1-2-17-10-11-3-4-12-13(18-11)5-7-16(12)9-14-15-6-8-19-14/h6,8,11-13H,2-5,7,9-10H2,1H3/t11-,12+,13+/m0/s1. The quantitative estimate of drug-likeness (QED) is 0.830. The van der Waals surface area contributed by atoms with Gasteiger partial charge in [-0.1, -0.05) is 0 Å². The molecule has 2 fully saturated rings. The second-order valence-electron chi connectivity index (χ2n) is 5.29. The van der Waals surface area contributed by atoms with E-state index in [0.717, 1.165) is 39.1 Å². The summed E-state index contributed by atoms with van der Waals surface area (Å²) >= 11 is 1.75. The zero-order valence-corrected chi connectivity index (χ0v) is 12.3. The van der Waals surface area contributed by atoms with Crippen molar-refractivity contribution in [3.8, 4) is 0 Å². The van der Waals surface area contributed by atoms with Crippen LogP contribution in [-0.2, 0) is 16.0 Å². The molecule has 0 bridgehead atoms. The molecule has 0 spiro atoms. The van der Waals surface area contributed by atoms with Crippen molar-refractivity contribution in [2.45, 2.75) is 51.0 Å². The van der Waals surface area contributed by atoms with Gasteiger partial charge in [-0.05, 0) is 26.2 Å². The van der Waals surface area contributed by atoms with E-state index in [-0.39, 0.29) is 0 Å². The zero-order valence-electron chi connectivity index (χ0n) is 11.5. The fraction of sp³-hybridized carbons (Fsp3) is 0.786. The van der Waals surface area contributed by atoms with Crippen LogP contribution in [0.25, 0.3) is 0 Å².